The average Bonchev–Trinajstić information content (AvgIpc) is 2.88. The minimum Gasteiger partial charge on any atom is -0.469 e. The fourth-order valence-corrected chi connectivity index (χ4v) is 3.49. The lowest BCUT2D eigenvalue weighted by Crippen LogP contribution is -2.19. The molecule has 0 spiro atoms. The Balaban J connectivity index is 1.51. The predicted molar refractivity (Wildman–Crippen MR) is 139 cm³/mol. The summed E-state index contributed by atoms with van der Waals surface area (Å²) in [6.07, 6.45) is -1.69. The third-order valence-corrected chi connectivity index (χ3v) is 5.47. The summed E-state index contributed by atoms with van der Waals surface area (Å²) in [4.78, 5) is 39.5. The SMILES string of the molecule is COC(=O)CCCCC(=O)Nc1cc(Oc2ccc(NC(=O)Nc3ccc(Cl)c(C(F)(F)F)c3)cc2)ccn1. The molecule has 3 aromatic rings. The van der Waals surface area contributed by atoms with Gasteiger partial charge in [0.2, 0.25) is 5.91 Å². The van der Waals surface area contributed by atoms with Gasteiger partial charge in [0.25, 0.3) is 0 Å². The number of alkyl halides is 3. The van der Waals surface area contributed by atoms with Crippen molar-refractivity contribution in [3.05, 3.63) is 71.4 Å². The van der Waals surface area contributed by atoms with E-state index in [1.165, 1.54) is 37.6 Å². The Morgan fingerprint density at radius 1 is 0.872 bits per heavy atom. The van der Waals surface area contributed by atoms with Crippen molar-refractivity contribution in [2.45, 2.75) is 31.9 Å². The van der Waals surface area contributed by atoms with E-state index in [9.17, 15) is 27.6 Å². The zero-order chi connectivity index (χ0) is 28.4. The molecule has 0 saturated carbocycles. The topological polar surface area (TPSA) is 119 Å². The molecule has 1 aromatic heterocycles. The zero-order valence-corrected chi connectivity index (χ0v) is 21.4. The number of urea groups is 1. The second-order valence-corrected chi connectivity index (χ2v) is 8.51. The van der Waals surface area contributed by atoms with Crippen molar-refractivity contribution in [2.24, 2.45) is 0 Å². The molecule has 0 atom stereocenters. The van der Waals surface area contributed by atoms with Crippen LogP contribution in [0.25, 0.3) is 0 Å². The first-order valence-corrected chi connectivity index (χ1v) is 12.0. The van der Waals surface area contributed by atoms with E-state index in [4.69, 9.17) is 16.3 Å². The first kappa shape index (κ1) is 29.2. The summed E-state index contributed by atoms with van der Waals surface area (Å²) >= 11 is 5.59. The lowest BCUT2D eigenvalue weighted by molar-refractivity contribution is -0.141. The normalized spacial score (nSPS) is 10.9. The van der Waals surface area contributed by atoms with Crippen LogP contribution in [0.1, 0.15) is 31.2 Å². The molecule has 0 radical (unpaired) electrons. The van der Waals surface area contributed by atoms with E-state index in [2.05, 4.69) is 25.7 Å². The fourth-order valence-electron chi connectivity index (χ4n) is 3.26. The van der Waals surface area contributed by atoms with Gasteiger partial charge in [-0.15, -0.1) is 0 Å². The summed E-state index contributed by atoms with van der Waals surface area (Å²) in [7, 11) is 1.31. The summed E-state index contributed by atoms with van der Waals surface area (Å²) in [5.74, 6) is 0.519. The van der Waals surface area contributed by atoms with Crippen LogP contribution in [0.2, 0.25) is 5.02 Å². The van der Waals surface area contributed by atoms with Crippen molar-refractivity contribution in [3.63, 3.8) is 0 Å². The van der Waals surface area contributed by atoms with Crippen LogP contribution in [0.15, 0.2) is 60.8 Å². The number of hydrogen-bond donors (Lipinski definition) is 3. The lowest BCUT2D eigenvalue weighted by atomic mass is 10.2. The number of nitrogens with one attached hydrogen (secondary N) is 3. The molecule has 13 heteroatoms. The van der Waals surface area contributed by atoms with E-state index in [0.29, 0.717) is 30.0 Å². The Bertz CT molecular complexity index is 1320. The van der Waals surface area contributed by atoms with Crippen molar-refractivity contribution < 1.29 is 37.0 Å². The minimum absolute atomic E-state index is 0.0778. The van der Waals surface area contributed by atoms with Crippen molar-refractivity contribution in [3.8, 4) is 11.5 Å². The molecule has 3 N–H and O–H groups in total. The largest absolute Gasteiger partial charge is 0.469 e. The summed E-state index contributed by atoms with van der Waals surface area (Å²) in [6, 6.07) is 11.6. The molecule has 0 bridgehead atoms. The second kappa shape index (κ2) is 13.5. The number of pyridine rings is 1. The number of aromatic nitrogens is 1. The highest BCUT2D eigenvalue weighted by Gasteiger charge is 2.33. The third-order valence-electron chi connectivity index (χ3n) is 5.14. The molecule has 0 fully saturated rings. The van der Waals surface area contributed by atoms with Gasteiger partial charge in [-0.1, -0.05) is 11.6 Å². The number of ether oxygens (including phenoxy) is 2. The average molecular weight is 565 g/mol. The molecular formula is C26H24ClF3N4O5. The lowest BCUT2D eigenvalue weighted by Gasteiger charge is -2.13. The quantitative estimate of drug-likeness (QED) is 0.183. The van der Waals surface area contributed by atoms with Crippen LogP contribution >= 0.6 is 11.6 Å². The molecule has 2 aromatic carbocycles. The number of anilines is 3. The molecule has 0 aliphatic heterocycles. The number of halogens is 4. The van der Waals surface area contributed by atoms with Crippen LogP contribution in [0.4, 0.5) is 35.2 Å². The number of unbranched alkanes of at least 4 members (excludes halogenated alkanes) is 1. The number of hydrogen-bond acceptors (Lipinski definition) is 6. The van der Waals surface area contributed by atoms with Gasteiger partial charge in [0.1, 0.15) is 17.3 Å². The monoisotopic (exact) mass is 564 g/mol. The van der Waals surface area contributed by atoms with E-state index in [0.717, 1.165) is 12.1 Å². The fraction of sp³-hybridized carbons (Fsp3) is 0.231. The molecule has 0 unspecified atom stereocenters. The third kappa shape index (κ3) is 9.49. The van der Waals surface area contributed by atoms with Crippen molar-refractivity contribution >= 4 is 46.7 Å². The highest BCUT2D eigenvalue weighted by atomic mass is 35.5. The molecule has 0 saturated heterocycles. The highest BCUT2D eigenvalue weighted by Crippen LogP contribution is 2.36. The summed E-state index contributed by atoms with van der Waals surface area (Å²) in [5, 5.41) is 7.03. The number of methoxy groups -OCH3 is 1. The molecule has 9 nitrogen and oxygen atoms in total. The van der Waals surface area contributed by atoms with Gasteiger partial charge in [-0.25, -0.2) is 9.78 Å². The Morgan fingerprint density at radius 3 is 2.23 bits per heavy atom. The number of carbonyl (C=O) groups excluding carboxylic acids is 3. The molecule has 39 heavy (non-hydrogen) atoms. The van der Waals surface area contributed by atoms with E-state index < -0.39 is 22.8 Å². The molecule has 3 rings (SSSR count). The number of amides is 3. The number of esters is 1. The summed E-state index contributed by atoms with van der Waals surface area (Å²) in [5.41, 5.74) is -0.774. The van der Waals surface area contributed by atoms with Crippen LogP contribution < -0.4 is 20.7 Å². The van der Waals surface area contributed by atoms with E-state index in [1.807, 2.05) is 0 Å². The van der Waals surface area contributed by atoms with Crippen LogP contribution in [0, 0.1) is 0 Å². The number of rotatable bonds is 10. The van der Waals surface area contributed by atoms with Crippen LogP contribution in [-0.4, -0.2) is 30.0 Å². The molecule has 0 aliphatic rings. The highest BCUT2D eigenvalue weighted by molar-refractivity contribution is 6.31. The molecule has 1 heterocycles. The van der Waals surface area contributed by atoms with Gasteiger partial charge in [-0.2, -0.15) is 13.2 Å². The summed E-state index contributed by atoms with van der Waals surface area (Å²) < 4.78 is 49.4. The van der Waals surface area contributed by atoms with Gasteiger partial charge >= 0.3 is 18.2 Å². The summed E-state index contributed by atoms with van der Waals surface area (Å²) in [6.45, 7) is 0. The van der Waals surface area contributed by atoms with Crippen molar-refractivity contribution in [2.75, 3.05) is 23.1 Å². The second-order valence-electron chi connectivity index (χ2n) is 8.11. The van der Waals surface area contributed by atoms with Crippen molar-refractivity contribution in [1.82, 2.24) is 4.98 Å². The Hall–Kier alpha value is -4.32. The molecular weight excluding hydrogens is 541 g/mol. The smallest absolute Gasteiger partial charge is 0.417 e. The maximum atomic E-state index is 13.0. The first-order chi connectivity index (χ1) is 18.5. The maximum absolute atomic E-state index is 13.0. The molecule has 206 valence electrons. The van der Waals surface area contributed by atoms with Gasteiger partial charge in [-0.05, 0) is 61.4 Å². The van der Waals surface area contributed by atoms with E-state index in [-0.39, 0.29) is 36.2 Å². The zero-order valence-electron chi connectivity index (χ0n) is 20.6. The number of nitrogens with zero attached hydrogens (tertiary/aromatic N) is 1. The first-order valence-electron chi connectivity index (χ1n) is 11.6. The number of carbonyl (C=O) groups is 3. The van der Waals surface area contributed by atoms with Crippen molar-refractivity contribution in [1.29, 1.82) is 0 Å². The van der Waals surface area contributed by atoms with E-state index in [1.54, 1.807) is 18.2 Å². The molecule has 3 amide bonds. The molecule has 0 aliphatic carbocycles. The Kier molecular flexibility index (Phi) is 10.1. The predicted octanol–water partition coefficient (Wildman–Crippen LogP) is 6.86. The Labute approximate surface area is 226 Å². The van der Waals surface area contributed by atoms with Crippen LogP contribution in [0.3, 0.4) is 0 Å². The van der Waals surface area contributed by atoms with E-state index >= 15 is 0 Å². The maximum Gasteiger partial charge on any atom is 0.417 e. The van der Waals surface area contributed by atoms with Crippen LogP contribution in [-0.2, 0) is 20.5 Å². The Morgan fingerprint density at radius 2 is 1.54 bits per heavy atom. The van der Waals surface area contributed by atoms with Crippen LogP contribution in [0.5, 0.6) is 11.5 Å². The van der Waals surface area contributed by atoms with Gasteiger partial charge in [-0.3, -0.25) is 9.59 Å². The van der Waals surface area contributed by atoms with Gasteiger partial charge in [0.15, 0.2) is 0 Å². The minimum atomic E-state index is -4.66. The standard InChI is InChI=1S/C26H24ClF3N4O5/c1-38-24(36)5-3-2-4-23(35)34-22-15-19(12-13-31-22)39-18-9-6-16(7-10-18)32-25(37)33-17-8-11-21(27)20(14-17)26(28,29)30/h6-15H,2-5H2,1H3,(H,31,34,35)(H2,32,33,37). The number of benzene rings is 2. The van der Waals surface area contributed by atoms with Gasteiger partial charge < -0.3 is 25.4 Å². The van der Waals surface area contributed by atoms with Gasteiger partial charge in [0.05, 0.1) is 17.7 Å². The van der Waals surface area contributed by atoms with Gasteiger partial charge in [0, 0.05) is 36.5 Å².